The quantitative estimate of drug-likeness (QED) is 0.514. The van der Waals surface area contributed by atoms with Gasteiger partial charge in [-0.1, -0.05) is 0 Å². The van der Waals surface area contributed by atoms with Crippen LogP contribution < -0.4 is 5.32 Å². The van der Waals surface area contributed by atoms with Crippen molar-refractivity contribution in [1.82, 2.24) is 10.2 Å². The van der Waals surface area contributed by atoms with Gasteiger partial charge in [-0.25, -0.2) is 14.4 Å². The van der Waals surface area contributed by atoms with Crippen molar-refractivity contribution in [3.8, 4) is 0 Å². The van der Waals surface area contributed by atoms with Crippen LogP contribution in [0.5, 0.6) is 0 Å². The largest absolute Gasteiger partial charge is 0.480 e. The summed E-state index contributed by atoms with van der Waals surface area (Å²) in [5, 5.41) is 19.7. The van der Waals surface area contributed by atoms with E-state index in [1.807, 2.05) is 5.32 Å². The maximum absolute atomic E-state index is 12.1. The number of hydrogen-bond donors (Lipinski definition) is 3. The van der Waals surface area contributed by atoms with E-state index in [0.29, 0.717) is 12.2 Å². The smallest absolute Gasteiger partial charge is 0.410 e. The van der Waals surface area contributed by atoms with Crippen molar-refractivity contribution < 1.29 is 38.9 Å². The highest BCUT2D eigenvalue weighted by Gasteiger charge is 2.29. The van der Waals surface area contributed by atoms with Crippen molar-refractivity contribution in [1.29, 1.82) is 0 Å². The maximum atomic E-state index is 12.1. The van der Waals surface area contributed by atoms with Gasteiger partial charge in [-0.3, -0.25) is 14.5 Å². The minimum atomic E-state index is -1.56. The maximum Gasteiger partial charge on any atom is 0.410 e. The minimum absolute atomic E-state index is 0.403. The monoisotopic (exact) mass is 358 g/mol. The molecule has 10 nitrogen and oxygen atoms in total. The zero-order valence-electron chi connectivity index (χ0n) is 14.4. The van der Waals surface area contributed by atoms with Crippen molar-refractivity contribution in [3.05, 3.63) is 12.2 Å². The van der Waals surface area contributed by atoms with Crippen molar-refractivity contribution in [2.45, 2.75) is 39.3 Å². The number of Topliss-reactive ketones (excluding diaryl/α,β-unsaturated/α-hetero) is 1. The summed E-state index contributed by atoms with van der Waals surface area (Å²) >= 11 is 0. The topological polar surface area (TPSA) is 150 Å². The first-order chi connectivity index (χ1) is 11.3. The Kier molecular flexibility index (Phi) is 8.31. The fraction of sp³-hybridized carbons (Fsp3) is 0.533. The van der Waals surface area contributed by atoms with E-state index in [2.05, 4.69) is 0 Å². The number of nitrogens with zero attached hydrogens (tertiary/aromatic N) is 1. The number of rotatable bonds is 8. The summed E-state index contributed by atoms with van der Waals surface area (Å²) in [5.74, 6) is -4.22. The molecule has 0 aliphatic heterocycles. The lowest BCUT2D eigenvalue weighted by Gasteiger charge is -2.28. The average molecular weight is 358 g/mol. The lowest BCUT2D eigenvalue weighted by Crippen LogP contribution is -2.51. The SMILES string of the molecule is CC(=O)CN(C[C@H](NC(=O)/C=C\C(=O)O)C(=O)O)C(=O)OC(C)(C)C. The number of carbonyl (C=O) groups excluding carboxylic acids is 3. The molecule has 0 bridgehead atoms. The predicted octanol–water partition coefficient (Wildman–Crippen LogP) is 0.0227. The standard InChI is InChI=1S/C15H22N2O8/c1-9(18)7-17(14(24)25-15(2,3)4)8-10(13(22)23)16-11(19)5-6-12(20)21/h5-6,10H,7-8H2,1-4H3,(H,16,19)(H,20,21)(H,22,23)/b6-5-/t10-/m0/s1. The van der Waals surface area contributed by atoms with Crippen LogP contribution in [-0.2, 0) is 23.9 Å². The number of ether oxygens (including phenoxy) is 1. The van der Waals surface area contributed by atoms with E-state index in [9.17, 15) is 29.1 Å². The van der Waals surface area contributed by atoms with Crippen LogP contribution >= 0.6 is 0 Å². The lowest BCUT2D eigenvalue weighted by atomic mass is 10.2. The first-order valence-electron chi connectivity index (χ1n) is 7.23. The van der Waals surface area contributed by atoms with Crippen LogP contribution in [0.15, 0.2) is 12.2 Å². The summed E-state index contributed by atoms with van der Waals surface area (Å²) in [6.45, 7) is 5.08. The van der Waals surface area contributed by atoms with E-state index < -0.39 is 54.5 Å². The van der Waals surface area contributed by atoms with Crippen molar-refractivity contribution in [2.75, 3.05) is 13.1 Å². The molecule has 0 rings (SSSR count). The van der Waals surface area contributed by atoms with E-state index in [4.69, 9.17) is 9.84 Å². The molecular weight excluding hydrogens is 336 g/mol. The minimum Gasteiger partial charge on any atom is -0.480 e. The second-order valence-corrected chi connectivity index (χ2v) is 6.13. The summed E-state index contributed by atoms with van der Waals surface area (Å²) in [6.07, 6.45) is 0.264. The van der Waals surface area contributed by atoms with Gasteiger partial charge >= 0.3 is 18.0 Å². The Balaban J connectivity index is 5.19. The average Bonchev–Trinajstić information content (AvgIpc) is 2.40. The molecule has 0 fully saturated rings. The molecule has 0 heterocycles. The highest BCUT2D eigenvalue weighted by atomic mass is 16.6. The first-order valence-corrected chi connectivity index (χ1v) is 7.23. The Labute approximate surface area is 144 Å². The summed E-state index contributed by atoms with van der Waals surface area (Å²) < 4.78 is 5.10. The van der Waals surface area contributed by atoms with E-state index >= 15 is 0 Å². The van der Waals surface area contributed by atoms with Gasteiger partial charge in [0.05, 0.1) is 13.1 Å². The molecule has 0 aliphatic carbocycles. The van der Waals surface area contributed by atoms with Crippen LogP contribution in [0.3, 0.4) is 0 Å². The molecule has 0 aromatic heterocycles. The van der Waals surface area contributed by atoms with Crippen LogP contribution in [0.1, 0.15) is 27.7 Å². The molecule has 10 heteroatoms. The summed E-state index contributed by atoms with van der Waals surface area (Å²) in [7, 11) is 0. The molecule has 140 valence electrons. The van der Waals surface area contributed by atoms with Gasteiger partial charge < -0.3 is 20.3 Å². The van der Waals surface area contributed by atoms with Crippen LogP contribution in [0, 0.1) is 0 Å². The fourth-order valence-electron chi connectivity index (χ4n) is 1.57. The molecule has 0 unspecified atom stereocenters. The second-order valence-electron chi connectivity index (χ2n) is 6.13. The van der Waals surface area contributed by atoms with E-state index in [1.165, 1.54) is 6.92 Å². The third kappa shape index (κ3) is 10.5. The third-order valence-corrected chi connectivity index (χ3v) is 2.46. The number of ketones is 1. The van der Waals surface area contributed by atoms with Crippen LogP contribution in [0.4, 0.5) is 4.79 Å². The summed E-state index contributed by atoms with van der Waals surface area (Å²) in [4.78, 5) is 57.5. The molecule has 0 aromatic rings. The highest BCUT2D eigenvalue weighted by molar-refractivity contribution is 5.96. The van der Waals surface area contributed by atoms with Crippen LogP contribution in [0.25, 0.3) is 0 Å². The number of aliphatic carboxylic acids is 2. The van der Waals surface area contributed by atoms with E-state index in [-0.39, 0.29) is 0 Å². The highest BCUT2D eigenvalue weighted by Crippen LogP contribution is 2.10. The van der Waals surface area contributed by atoms with Gasteiger partial charge in [0.2, 0.25) is 5.91 Å². The Bertz CT molecular complexity index is 577. The zero-order chi connectivity index (χ0) is 19.8. The number of carboxylic acids is 2. The summed E-state index contributed by atoms with van der Waals surface area (Å²) in [5.41, 5.74) is -0.863. The number of carbonyl (C=O) groups is 5. The molecule has 2 amide bonds. The van der Waals surface area contributed by atoms with Gasteiger partial charge in [-0.15, -0.1) is 0 Å². The molecule has 1 atom stereocenters. The zero-order valence-corrected chi connectivity index (χ0v) is 14.4. The number of amides is 2. The number of nitrogens with one attached hydrogen (secondary N) is 1. The molecule has 0 radical (unpaired) electrons. The Hall–Kier alpha value is -2.91. The van der Waals surface area contributed by atoms with Gasteiger partial charge in [0.25, 0.3) is 0 Å². The van der Waals surface area contributed by atoms with E-state index in [0.717, 1.165) is 4.90 Å². The van der Waals surface area contributed by atoms with Gasteiger partial charge in [-0.2, -0.15) is 0 Å². The van der Waals surface area contributed by atoms with Gasteiger partial charge in [0.15, 0.2) is 0 Å². The Morgan fingerprint density at radius 1 is 1.12 bits per heavy atom. The molecule has 25 heavy (non-hydrogen) atoms. The fourth-order valence-corrected chi connectivity index (χ4v) is 1.57. The van der Waals surface area contributed by atoms with Crippen LogP contribution in [0.2, 0.25) is 0 Å². The predicted molar refractivity (Wildman–Crippen MR) is 84.8 cm³/mol. The lowest BCUT2D eigenvalue weighted by molar-refractivity contribution is -0.141. The molecule has 0 aromatic carbocycles. The molecule has 3 N–H and O–H groups in total. The van der Waals surface area contributed by atoms with Gasteiger partial charge in [-0.05, 0) is 27.7 Å². The van der Waals surface area contributed by atoms with Crippen LogP contribution in [-0.4, -0.2) is 69.6 Å². The number of carboxylic acid groups (broad SMARTS) is 2. The second kappa shape index (κ2) is 9.40. The van der Waals surface area contributed by atoms with Gasteiger partial charge in [0, 0.05) is 12.2 Å². The van der Waals surface area contributed by atoms with Crippen molar-refractivity contribution >= 4 is 29.7 Å². The summed E-state index contributed by atoms with van der Waals surface area (Å²) in [6, 6.07) is -1.56. The molecule has 0 aliphatic rings. The number of hydrogen-bond acceptors (Lipinski definition) is 6. The van der Waals surface area contributed by atoms with Gasteiger partial charge in [0.1, 0.15) is 17.4 Å². The molecule has 0 saturated carbocycles. The molecule has 0 spiro atoms. The molecular formula is C15H22N2O8. The molecule has 0 saturated heterocycles. The Morgan fingerprint density at radius 3 is 2.08 bits per heavy atom. The Morgan fingerprint density at radius 2 is 1.68 bits per heavy atom. The van der Waals surface area contributed by atoms with E-state index in [1.54, 1.807) is 20.8 Å². The third-order valence-electron chi connectivity index (χ3n) is 2.46. The first kappa shape index (κ1) is 22.1. The van der Waals surface area contributed by atoms with Crippen molar-refractivity contribution in [3.63, 3.8) is 0 Å². The van der Waals surface area contributed by atoms with Crippen molar-refractivity contribution in [2.24, 2.45) is 0 Å². The normalized spacial score (nSPS) is 12.3.